The molecular weight excluding hydrogens is 372 g/mol. The monoisotopic (exact) mass is 406 g/mol. The van der Waals surface area contributed by atoms with Gasteiger partial charge in [-0.3, -0.25) is 9.59 Å². The van der Waals surface area contributed by atoms with E-state index < -0.39 is 6.04 Å². The Morgan fingerprint density at radius 2 is 1.77 bits per heavy atom. The van der Waals surface area contributed by atoms with Crippen LogP contribution in [-0.4, -0.2) is 28.8 Å². The first-order valence-corrected chi connectivity index (χ1v) is 11.1. The predicted octanol–water partition coefficient (Wildman–Crippen LogP) is 4.71. The van der Waals surface area contributed by atoms with E-state index >= 15 is 0 Å². The summed E-state index contributed by atoms with van der Waals surface area (Å²) in [7, 11) is 0. The number of nitrogens with one attached hydrogen (secondary N) is 1. The van der Waals surface area contributed by atoms with Crippen molar-refractivity contribution in [2.24, 2.45) is 0 Å². The topological polar surface area (TPSA) is 49.4 Å². The number of hydrogen-bond donors (Lipinski definition) is 1. The molecule has 4 nitrogen and oxygen atoms in total. The Kier molecular flexibility index (Phi) is 7.67. The molecule has 0 bridgehead atoms. The first-order valence-electron chi connectivity index (χ1n) is 11.1. The summed E-state index contributed by atoms with van der Waals surface area (Å²) in [6.45, 7) is 6.37. The third-order valence-corrected chi connectivity index (χ3v) is 6.16. The smallest absolute Gasteiger partial charge is 0.242 e. The first-order chi connectivity index (χ1) is 14.4. The number of hydrogen-bond acceptors (Lipinski definition) is 2. The van der Waals surface area contributed by atoms with Crippen molar-refractivity contribution in [3.05, 3.63) is 70.8 Å². The molecule has 0 spiro atoms. The number of rotatable bonds is 7. The number of amides is 2. The summed E-state index contributed by atoms with van der Waals surface area (Å²) in [5.74, 6) is -0.0665. The molecule has 4 heteroatoms. The predicted molar refractivity (Wildman–Crippen MR) is 121 cm³/mol. The third kappa shape index (κ3) is 5.94. The number of benzene rings is 2. The zero-order chi connectivity index (χ0) is 21.5. The van der Waals surface area contributed by atoms with Crippen molar-refractivity contribution in [1.82, 2.24) is 10.2 Å². The van der Waals surface area contributed by atoms with Crippen molar-refractivity contribution in [3.63, 3.8) is 0 Å². The van der Waals surface area contributed by atoms with Crippen LogP contribution in [0.15, 0.2) is 48.5 Å². The van der Waals surface area contributed by atoms with Crippen LogP contribution < -0.4 is 5.32 Å². The maximum atomic E-state index is 13.3. The van der Waals surface area contributed by atoms with Gasteiger partial charge in [0.1, 0.15) is 6.04 Å². The standard InChI is InChI=1S/C26H34N2O2/c1-19-10-9-12-22(16-19)17-25(29)28(18-23-13-8-7-11-20(23)2)21(3)26(30)27-24-14-5-4-6-15-24/h7-13,16,21,24H,4-6,14-15,17-18H2,1-3H3,(H,27,30). The molecule has 2 aromatic rings. The summed E-state index contributed by atoms with van der Waals surface area (Å²) in [4.78, 5) is 28.1. The Balaban J connectivity index is 1.77. The summed E-state index contributed by atoms with van der Waals surface area (Å²) in [5, 5.41) is 3.19. The summed E-state index contributed by atoms with van der Waals surface area (Å²) in [6, 6.07) is 15.8. The molecule has 0 saturated heterocycles. The molecule has 0 radical (unpaired) electrons. The molecule has 1 N–H and O–H groups in total. The molecule has 1 unspecified atom stereocenters. The second-order valence-electron chi connectivity index (χ2n) is 8.63. The molecule has 0 aliphatic heterocycles. The SMILES string of the molecule is Cc1cccc(CC(=O)N(Cc2ccccc2C)C(C)C(=O)NC2CCCCC2)c1. The van der Waals surface area contributed by atoms with Gasteiger partial charge in [0.05, 0.1) is 6.42 Å². The van der Waals surface area contributed by atoms with Crippen molar-refractivity contribution < 1.29 is 9.59 Å². The second kappa shape index (κ2) is 10.4. The zero-order valence-corrected chi connectivity index (χ0v) is 18.5. The second-order valence-corrected chi connectivity index (χ2v) is 8.63. The van der Waals surface area contributed by atoms with Gasteiger partial charge in [-0.05, 0) is 50.3 Å². The van der Waals surface area contributed by atoms with Gasteiger partial charge in [-0.25, -0.2) is 0 Å². The van der Waals surface area contributed by atoms with E-state index in [0.717, 1.165) is 35.1 Å². The minimum absolute atomic E-state index is 0.0184. The van der Waals surface area contributed by atoms with E-state index in [9.17, 15) is 9.59 Å². The summed E-state index contributed by atoms with van der Waals surface area (Å²) >= 11 is 0. The van der Waals surface area contributed by atoms with Crippen LogP contribution in [0.2, 0.25) is 0 Å². The van der Waals surface area contributed by atoms with Gasteiger partial charge < -0.3 is 10.2 Å². The molecule has 2 amide bonds. The van der Waals surface area contributed by atoms with Gasteiger partial charge in [0, 0.05) is 12.6 Å². The Bertz CT molecular complexity index is 871. The summed E-state index contributed by atoms with van der Waals surface area (Å²) in [6.07, 6.45) is 5.95. The lowest BCUT2D eigenvalue weighted by Crippen LogP contribution is -2.50. The molecule has 0 heterocycles. The summed E-state index contributed by atoms with van der Waals surface area (Å²) in [5.41, 5.74) is 4.32. The number of carbonyl (C=O) groups excluding carboxylic acids is 2. The first kappa shape index (κ1) is 22.1. The van der Waals surface area contributed by atoms with Gasteiger partial charge in [0.15, 0.2) is 0 Å². The molecule has 1 saturated carbocycles. The minimum Gasteiger partial charge on any atom is -0.352 e. The van der Waals surface area contributed by atoms with Gasteiger partial charge in [0.25, 0.3) is 0 Å². The average Bonchev–Trinajstić information content (AvgIpc) is 2.73. The van der Waals surface area contributed by atoms with E-state index in [1.807, 2.05) is 69.3 Å². The van der Waals surface area contributed by atoms with E-state index in [2.05, 4.69) is 5.32 Å². The zero-order valence-electron chi connectivity index (χ0n) is 18.5. The molecule has 1 fully saturated rings. The molecular formula is C26H34N2O2. The lowest BCUT2D eigenvalue weighted by molar-refractivity contribution is -0.140. The molecule has 1 atom stereocenters. The molecule has 0 aromatic heterocycles. The Hall–Kier alpha value is -2.62. The van der Waals surface area contributed by atoms with Crippen LogP contribution in [0.5, 0.6) is 0 Å². The maximum absolute atomic E-state index is 13.3. The Morgan fingerprint density at radius 1 is 1.03 bits per heavy atom. The lowest BCUT2D eigenvalue weighted by atomic mass is 9.95. The van der Waals surface area contributed by atoms with Gasteiger partial charge in [-0.1, -0.05) is 73.4 Å². The van der Waals surface area contributed by atoms with Gasteiger partial charge in [0.2, 0.25) is 11.8 Å². The molecule has 3 rings (SSSR count). The van der Waals surface area contributed by atoms with E-state index in [-0.39, 0.29) is 17.9 Å². The van der Waals surface area contributed by atoms with Crippen molar-refractivity contribution in [3.8, 4) is 0 Å². The lowest BCUT2D eigenvalue weighted by Gasteiger charge is -2.31. The van der Waals surface area contributed by atoms with Crippen LogP contribution >= 0.6 is 0 Å². The normalized spacial score (nSPS) is 15.4. The van der Waals surface area contributed by atoms with Crippen LogP contribution in [0.1, 0.15) is 61.3 Å². The molecule has 2 aromatic carbocycles. The van der Waals surface area contributed by atoms with Crippen molar-refractivity contribution >= 4 is 11.8 Å². The van der Waals surface area contributed by atoms with Crippen molar-refractivity contribution in [1.29, 1.82) is 0 Å². The van der Waals surface area contributed by atoms with Crippen LogP contribution in [0.3, 0.4) is 0 Å². The van der Waals surface area contributed by atoms with E-state index in [1.54, 1.807) is 4.90 Å². The highest BCUT2D eigenvalue weighted by Crippen LogP contribution is 2.19. The van der Waals surface area contributed by atoms with E-state index in [0.29, 0.717) is 13.0 Å². The number of carbonyl (C=O) groups is 2. The molecule has 1 aliphatic rings. The van der Waals surface area contributed by atoms with Crippen LogP contribution in [0.4, 0.5) is 0 Å². The van der Waals surface area contributed by atoms with E-state index in [4.69, 9.17) is 0 Å². The maximum Gasteiger partial charge on any atom is 0.242 e. The minimum atomic E-state index is -0.510. The molecule has 1 aliphatic carbocycles. The van der Waals surface area contributed by atoms with Crippen molar-refractivity contribution in [2.75, 3.05) is 0 Å². The number of nitrogens with zero attached hydrogens (tertiary/aromatic N) is 1. The Morgan fingerprint density at radius 3 is 2.47 bits per heavy atom. The summed E-state index contributed by atoms with van der Waals surface area (Å²) < 4.78 is 0. The quantitative estimate of drug-likeness (QED) is 0.724. The fourth-order valence-corrected chi connectivity index (χ4v) is 4.22. The third-order valence-electron chi connectivity index (χ3n) is 6.16. The highest BCUT2D eigenvalue weighted by Gasteiger charge is 2.28. The van der Waals surface area contributed by atoms with Gasteiger partial charge in [-0.15, -0.1) is 0 Å². The fourth-order valence-electron chi connectivity index (χ4n) is 4.22. The van der Waals surface area contributed by atoms with E-state index in [1.165, 1.54) is 19.3 Å². The average molecular weight is 407 g/mol. The van der Waals surface area contributed by atoms with Crippen LogP contribution in [0, 0.1) is 13.8 Å². The van der Waals surface area contributed by atoms with Crippen molar-refractivity contribution in [2.45, 2.75) is 77.9 Å². The highest BCUT2D eigenvalue weighted by atomic mass is 16.2. The number of aryl methyl sites for hydroxylation is 2. The van der Waals surface area contributed by atoms with Gasteiger partial charge >= 0.3 is 0 Å². The molecule has 30 heavy (non-hydrogen) atoms. The van der Waals surface area contributed by atoms with Gasteiger partial charge in [-0.2, -0.15) is 0 Å². The fraction of sp³-hybridized carbons (Fsp3) is 0.462. The Labute approximate surface area is 180 Å². The molecule has 160 valence electrons. The largest absolute Gasteiger partial charge is 0.352 e. The highest BCUT2D eigenvalue weighted by molar-refractivity contribution is 5.88. The van der Waals surface area contributed by atoms with Crippen LogP contribution in [-0.2, 0) is 22.6 Å². The van der Waals surface area contributed by atoms with Crippen LogP contribution in [0.25, 0.3) is 0 Å².